The highest BCUT2D eigenvalue weighted by Crippen LogP contribution is 2.25. The van der Waals surface area contributed by atoms with Crippen LogP contribution in [0.15, 0.2) is 18.2 Å². The quantitative estimate of drug-likeness (QED) is 0.671. The van der Waals surface area contributed by atoms with E-state index in [0.29, 0.717) is 0 Å². The van der Waals surface area contributed by atoms with Crippen molar-refractivity contribution < 1.29 is 5.48 Å². The van der Waals surface area contributed by atoms with Gasteiger partial charge in [0.2, 0.25) is 0 Å². The zero-order valence-electron chi connectivity index (χ0n) is 13.5. The summed E-state index contributed by atoms with van der Waals surface area (Å²) in [5, 5.41) is 0. The van der Waals surface area contributed by atoms with Crippen molar-refractivity contribution in [2.75, 3.05) is 0 Å². The first-order chi connectivity index (χ1) is 9.24. The van der Waals surface area contributed by atoms with Crippen molar-refractivity contribution in [2.45, 2.75) is 78.2 Å². The Morgan fingerprint density at radius 3 is 2.25 bits per heavy atom. The van der Waals surface area contributed by atoms with Crippen LogP contribution < -0.4 is 5.73 Å². The predicted octanol–water partition coefficient (Wildman–Crippen LogP) is 4.35. The van der Waals surface area contributed by atoms with E-state index >= 15 is 0 Å². The summed E-state index contributed by atoms with van der Waals surface area (Å²) in [7, 11) is 0. The minimum Gasteiger partial charge on any atom is -0.412 e. The van der Waals surface area contributed by atoms with Crippen LogP contribution in [0.5, 0.6) is 0 Å². The van der Waals surface area contributed by atoms with Crippen LogP contribution in [0.25, 0.3) is 0 Å². The van der Waals surface area contributed by atoms with E-state index in [1.54, 1.807) is 0 Å². The van der Waals surface area contributed by atoms with E-state index in [-0.39, 0.29) is 11.5 Å². The molecular weight excluding hydrogens is 246 g/mol. The van der Waals surface area contributed by atoms with Gasteiger partial charge in [-0.05, 0) is 36.0 Å². The zero-order chi connectivity index (χ0) is 14.1. The van der Waals surface area contributed by atoms with Crippen LogP contribution in [-0.2, 0) is 12.8 Å². The third-order valence-corrected chi connectivity index (χ3v) is 4.06. The van der Waals surface area contributed by atoms with Gasteiger partial charge in [-0.3, -0.25) is 0 Å². The molecule has 0 aliphatic heterocycles. The van der Waals surface area contributed by atoms with E-state index in [2.05, 4.69) is 39.0 Å². The van der Waals surface area contributed by atoms with Crippen LogP contribution >= 0.6 is 0 Å². The van der Waals surface area contributed by atoms with Crippen molar-refractivity contribution in [3.05, 3.63) is 34.9 Å². The van der Waals surface area contributed by atoms with Crippen molar-refractivity contribution in [1.29, 1.82) is 0 Å². The highest BCUT2D eigenvalue weighted by Gasteiger charge is 2.12. The molecule has 1 rings (SSSR count). The van der Waals surface area contributed by atoms with Gasteiger partial charge < -0.3 is 11.2 Å². The smallest absolute Gasteiger partial charge is 0.0297 e. The zero-order valence-corrected chi connectivity index (χ0v) is 13.5. The Hall–Kier alpha value is -0.860. The van der Waals surface area contributed by atoms with E-state index in [0.717, 1.165) is 19.3 Å². The molecule has 0 aliphatic carbocycles. The van der Waals surface area contributed by atoms with Crippen LogP contribution in [0.2, 0.25) is 0 Å². The number of rotatable bonds is 9. The molecular formula is C18H33NO. The summed E-state index contributed by atoms with van der Waals surface area (Å²) in [4.78, 5) is 0. The topological polar surface area (TPSA) is 57.5 Å². The number of hydrogen-bond donors (Lipinski definition) is 1. The summed E-state index contributed by atoms with van der Waals surface area (Å²) in [6.45, 7) is 6.73. The number of unbranched alkanes of at least 4 members (excludes halogenated alkanes) is 4. The molecule has 2 heteroatoms. The van der Waals surface area contributed by atoms with Gasteiger partial charge in [0, 0.05) is 6.04 Å². The minimum atomic E-state index is 0. The highest BCUT2D eigenvalue weighted by molar-refractivity contribution is 5.37. The summed E-state index contributed by atoms with van der Waals surface area (Å²) in [6.07, 6.45) is 9.97. The molecule has 1 atom stereocenters. The number of benzene rings is 1. The lowest BCUT2D eigenvalue weighted by atomic mass is 9.91. The first-order valence-corrected chi connectivity index (χ1v) is 8.10. The number of aryl methyl sites for hydroxylation is 1. The Kier molecular flexibility index (Phi) is 10.4. The number of hydrogen-bond acceptors (Lipinski definition) is 1. The molecule has 0 saturated heterocycles. The molecule has 0 saturated carbocycles. The standard InChI is InChI=1S/C18H31N.H2O/c1-4-7-8-9-10-14-18(19)17-13-11-12-15(5-2)16(17)6-3;/h11-13,18H,4-10,14,19H2,1-3H3;1H2. The Balaban J connectivity index is 0.00000361. The fraction of sp³-hybridized carbons (Fsp3) is 0.667. The average molecular weight is 279 g/mol. The van der Waals surface area contributed by atoms with Gasteiger partial charge in [0.05, 0.1) is 0 Å². The fourth-order valence-electron chi connectivity index (χ4n) is 2.89. The molecule has 0 radical (unpaired) electrons. The summed E-state index contributed by atoms with van der Waals surface area (Å²) in [5.41, 5.74) is 10.8. The van der Waals surface area contributed by atoms with Gasteiger partial charge in [0.15, 0.2) is 0 Å². The normalized spacial score (nSPS) is 12.0. The molecule has 0 amide bonds. The van der Waals surface area contributed by atoms with Gasteiger partial charge in [0.1, 0.15) is 0 Å². The molecule has 116 valence electrons. The summed E-state index contributed by atoms with van der Waals surface area (Å²) < 4.78 is 0. The molecule has 2 nitrogen and oxygen atoms in total. The summed E-state index contributed by atoms with van der Waals surface area (Å²) in [6, 6.07) is 6.87. The van der Waals surface area contributed by atoms with Gasteiger partial charge in [-0.2, -0.15) is 0 Å². The third-order valence-electron chi connectivity index (χ3n) is 4.06. The van der Waals surface area contributed by atoms with E-state index < -0.39 is 0 Å². The van der Waals surface area contributed by atoms with E-state index in [9.17, 15) is 0 Å². The first kappa shape index (κ1) is 19.1. The van der Waals surface area contributed by atoms with Crippen molar-refractivity contribution in [3.63, 3.8) is 0 Å². The maximum Gasteiger partial charge on any atom is 0.0297 e. The molecule has 1 unspecified atom stereocenters. The molecule has 1 aromatic carbocycles. The Labute approximate surface area is 125 Å². The molecule has 0 aliphatic rings. The Morgan fingerprint density at radius 1 is 0.950 bits per heavy atom. The maximum atomic E-state index is 6.41. The lowest BCUT2D eigenvalue weighted by Crippen LogP contribution is -2.13. The van der Waals surface area contributed by atoms with Gasteiger partial charge in [-0.25, -0.2) is 0 Å². The molecule has 4 N–H and O–H groups in total. The second-order valence-corrected chi connectivity index (χ2v) is 5.50. The fourth-order valence-corrected chi connectivity index (χ4v) is 2.89. The minimum absolute atomic E-state index is 0. The van der Waals surface area contributed by atoms with Crippen molar-refractivity contribution in [1.82, 2.24) is 0 Å². The van der Waals surface area contributed by atoms with Crippen LogP contribution in [-0.4, -0.2) is 5.48 Å². The van der Waals surface area contributed by atoms with Crippen molar-refractivity contribution >= 4 is 0 Å². The summed E-state index contributed by atoms with van der Waals surface area (Å²) >= 11 is 0. The first-order valence-electron chi connectivity index (χ1n) is 8.10. The van der Waals surface area contributed by atoms with Crippen molar-refractivity contribution in [3.8, 4) is 0 Å². The van der Waals surface area contributed by atoms with Crippen LogP contribution in [0.4, 0.5) is 0 Å². The summed E-state index contributed by atoms with van der Waals surface area (Å²) in [5.74, 6) is 0. The molecule has 0 spiro atoms. The highest BCUT2D eigenvalue weighted by atomic mass is 16.0. The molecule has 0 heterocycles. The Morgan fingerprint density at radius 2 is 1.65 bits per heavy atom. The van der Waals surface area contributed by atoms with Crippen LogP contribution in [0.3, 0.4) is 0 Å². The molecule has 0 bridgehead atoms. The molecule has 1 aromatic rings. The van der Waals surface area contributed by atoms with Crippen LogP contribution in [0.1, 0.15) is 82.0 Å². The monoisotopic (exact) mass is 279 g/mol. The predicted molar refractivity (Wildman–Crippen MR) is 89.1 cm³/mol. The largest absolute Gasteiger partial charge is 0.412 e. The van der Waals surface area contributed by atoms with Gasteiger partial charge in [-0.1, -0.05) is 71.1 Å². The maximum absolute atomic E-state index is 6.41. The lowest BCUT2D eigenvalue weighted by molar-refractivity contribution is 0.552. The van der Waals surface area contributed by atoms with Crippen molar-refractivity contribution in [2.24, 2.45) is 5.73 Å². The second kappa shape index (κ2) is 10.9. The Bertz CT molecular complexity index is 362. The lowest BCUT2D eigenvalue weighted by Gasteiger charge is -2.18. The van der Waals surface area contributed by atoms with Crippen LogP contribution in [0, 0.1) is 0 Å². The molecule has 20 heavy (non-hydrogen) atoms. The van der Waals surface area contributed by atoms with E-state index in [1.807, 2.05) is 0 Å². The van der Waals surface area contributed by atoms with Gasteiger partial charge in [0.25, 0.3) is 0 Å². The van der Waals surface area contributed by atoms with E-state index in [4.69, 9.17) is 5.73 Å². The van der Waals surface area contributed by atoms with Gasteiger partial charge in [-0.15, -0.1) is 0 Å². The van der Waals surface area contributed by atoms with E-state index in [1.165, 1.54) is 48.8 Å². The SMILES string of the molecule is CCCCCCCC(N)c1cccc(CC)c1CC.O. The van der Waals surface area contributed by atoms with Gasteiger partial charge >= 0.3 is 0 Å². The number of nitrogens with two attached hydrogens (primary N) is 1. The third kappa shape index (κ3) is 5.64. The second-order valence-electron chi connectivity index (χ2n) is 5.50. The molecule has 0 aromatic heterocycles. The molecule has 0 fully saturated rings. The average Bonchev–Trinajstić information content (AvgIpc) is 2.45.